The SMILES string of the molecule is C[C@@H]1CC(=O)Nc2ccccc2N1C(=O)CSc1nnc(COc2ccccc2Cl)n1C. The first kappa shape index (κ1) is 22.2. The van der Waals surface area contributed by atoms with Gasteiger partial charge < -0.3 is 19.5 Å². The third-order valence-corrected chi connectivity index (χ3v) is 6.39. The summed E-state index contributed by atoms with van der Waals surface area (Å²) in [4.78, 5) is 27.0. The Morgan fingerprint density at radius 2 is 1.97 bits per heavy atom. The second-order valence-corrected chi connectivity index (χ2v) is 8.70. The van der Waals surface area contributed by atoms with Crippen LogP contribution in [0.3, 0.4) is 0 Å². The first-order valence-electron chi connectivity index (χ1n) is 10.0. The van der Waals surface area contributed by atoms with Crippen LogP contribution in [-0.4, -0.2) is 38.4 Å². The van der Waals surface area contributed by atoms with E-state index in [0.29, 0.717) is 33.1 Å². The molecule has 1 aliphatic heterocycles. The van der Waals surface area contributed by atoms with Gasteiger partial charge in [-0.25, -0.2) is 0 Å². The molecule has 10 heteroatoms. The van der Waals surface area contributed by atoms with Gasteiger partial charge in [-0.3, -0.25) is 9.59 Å². The molecule has 0 unspecified atom stereocenters. The number of hydrogen-bond acceptors (Lipinski definition) is 6. The smallest absolute Gasteiger partial charge is 0.237 e. The zero-order valence-electron chi connectivity index (χ0n) is 17.6. The number of carbonyl (C=O) groups excluding carboxylic acids is 2. The summed E-state index contributed by atoms with van der Waals surface area (Å²) < 4.78 is 7.53. The van der Waals surface area contributed by atoms with Crippen molar-refractivity contribution in [3.05, 3.63) is 59.4 Å². The molecule has 4 rings (SSSR count). The van der Waals surface area contributed by atoms with Crippen LogP contribution >= 0.6 is 23.4 Å². The largest absolute Gasteiger partial charge is 0.484 e. The summed E-state index contributed by atoms with van der Waals surface area (Å²) in [5.74, 6) is 1.12. The van der Waals surface area contributed by atoms with E-state index in [1.807, 2.05) is 44.3 Å². The Morgan fingerprint density at radius 1 is 1.22 bits per heavy atom. The molecule has 0 radical (unpaired) electrons. The molecule has 0 aliphatic carbocycles. The third kappa shape index (κ3) is 4.73. The number of nitrogens with zero attached hydrogens (tertiary/aromatic N) is 4. The van der Waals surface area contributed by atoms with Gasteiger partial charge in [-0.05, 0) is 31.2 Å². The van der Waals surface area contributed by atoms with Gasteiger partial charge in [0.05, 0.1) is 22.2 Å². The summed E-state index contributed by atoms with van der Waals surface area (Å²) in [7, 11) is 1.82. The Kier molecular flexibility index (Phi) is 6.66. The molecule has 2 aromatic carbocycles. The Bertz CT molecular complexity index is 1150. The van der Waals surface area contributed by atoms with Crippen molar-refractivity contribution in [3.8, 4) is 5.75 Å². The lowest BCUT2D eigenvalue weighted by molar-refractivity contribution is -0.117. The second kappa shape index (κ2) is 9.62. The zero-order chi connectivity index (χ0) is 22.7. The summed E-state index contributed by atoms with van der Waals surface area (Å²) in [6.45, 7) is 2.07. The Balaban J connectivity index is 1.43. The van der Waals surface area contributed by atoms with Crippen molar-refractivity contribution in [2.75, 3.05) is 16.0 Å². The van der Waals surface area contributed by atoms with E-state index < -0.39 is 0 Å². The maximum Gasteiger partial charge on any atom is 0.237 e. The number of aromatic nitrogens is 3. The van der Waals surface area contributed by atoms with Crippen molar-refractivity contribution in [1.82, 2.24) is 14.8 Å². The molecule has 1 N–H and O–H groups in total. The summed E-state index contributed by atoms with van der Waals surface area (Å²) in [5, 5.41) is 12.3. The number of carbonyl (C=O) groups is 2. The highest BCUT2D eigenvalue weighted by Gasteiger charge is 2.29. The molecule has 2 heterocycles. The molecule has 166 valence electrons. The Hall–Kier alpha value is -3.04. The second-order valence-electron chi connectivity index (χ2n) is 7.35. The van der Waals surface area contributed by atoms with E-state index in [2.05, 4.69) is 15.5 Å². The van der Waals surface area contributed by atoms with Gasteiger partial charge in [-0.1, -0.05) is 47.6 Å². The average molecular weight is 472 g/mol. The van der Waals surface area contributed by atoms with E-state index in [1.165, 1.54) is 11.8 Å². The summed E-state index contributed by atoms with van der Waals surface area (Å²) in [6, 6.07) is 14.3. The molecule has 8 nitrogen and oxygen atoms in total. The number of amides is 2. The predicted molar refractivity (Wildman–Crippen MR) is 124 cm³/mol. The molecule has 0 saturated carbocycles. The van der Waals surface area contributed by atoms with Crippen LogP contribution in [0.4, 0.5) is 11.4 Å². The quantitative estimate of drug-likeness (QED) is 0.548. The molecule has 32 heavy (non-hydrogen) atoms. The number of anilines is 2. The van der Waals surface area contributed by atoms with Crippen LogP contribution in [-0.2, 0) is 23.2 Å². The van der Waals surface area contributed by atoms with Gasteiger partial charge in [0.2, 0.25) is 11.8 Å². The zero-order valence-corrected chi connectivity index (χ0v) is 19.2. The van der Waals surface area contributed by atoms with Crippen LogP contribution in [0.2, 0.25) is 5.02 Å². The lowest BCUT2D eigenvalue weighted by atomic mass is 10.2. The van der Waals surface area contributed by atoms with Gasteiger partial charge in [0.15, 0.2) is 11.0 Å². The molecule has 1 aromatic heterocycles. The van der Waals surface area contributed by atoms with E-state index in [1.54, 1.807) is 27.7 Å². The number of nitrogens with one attached hydrogen (secondary N) is 1. The predicted octanol–water partition coefficient (Wildman–Crippen LogP) is 3.90. The number of fused-ring (bicyclic) bond motifs is 1. The highest BCUT2D eigenvalue weighted by Crippen LogP contribution is 2.32. The number of rotatable bonds is 6. The van der Waals surface area contributed by atoms with Crippen LogP contribution in [0.25, 0.3) is 0 Å². The number of para-hydroxylation sites is 3. The monoisotopic (exact) mass is 471 g/mol. The van der Waals surface area contributed by atoms with Gasteiger partial charge >= 0.3 is 0 Å². The van der Waals surface area contributed by atoms with Crippen molar-refractivity contribution < 1.29 is 14.3 Å². The molecule has 0 bridgehead atoms. The van der Waals surface area contributed by atoms with E-state index >= 15 is 0 Å². The minimum Gasteiger partial charge on any atom is -0.484 e. The molecule has 2 amide bonds. The fourth-order valence-electron chi connectivity index (χ4n) is 3.46. The molecule has 0 fully saturated rings. The molecule has 0 saturated heterocycles. The summed E-state index contributed by atoms with van der Waals surface area (Å²) >= 11 is 7.41. The normalized spacial score (nSPS) is 15.7. The van der Waals surface area contributed by atoms with Crippen molar-refractivity contribution >= 4 is 46.6 Å². The standard InChI is InChI=1S/C22H22ClN5O3S/c1-14-11-20(29)24-16-8-4-5-9-17(16)28(14)21(30)13-32-22-26-25-19(27(22)2)12-31-18-10-6-3-7-15(18)23/h3-10,14H,11-13H2,1-2H3,(H,24,29)/t14-/m1/s1. The number of benzene rings is 2. The van der Waals surface area contributed by atoms with Crippen LogP contribution in [0, 0.1) is 0 Å². The van der Waals surface area contributed by atoms with Crippen LogP contribution in [0.5, 0.6) is 5.75 Å². The van der Waals surface area contributed by atoms with Crippen LogP contribution in [0.1, 0.15) is 19.2 Å². The minimum absolute atomic E-state index is 0.107. The lowest BCUT2D eigenvalue weighted by Crippen LogP contribution is -2.40. The van der Waals surface area contributed by atoms with Gasteiger partial charge in [0, 0.05) is 19.5 Å². The van der Waals surface area contributed by atoms with E-state index in [4.69, 9.17) is 16.3 Å². The topological polar surface area (TPSA) is 89.3 Å². The van der Waals surface area contributed by atoms with Gasteiger partial charge in [-0.2, -0.15) is 0 Å². The van der Waals surface area contributed by atoms with Gasteiger partial charge in [0.1, 0.15) is 12.4 Å². The van der Waals surface area contributed by atoms with Crippen molar-refractivity contribution in [2.24, 2.45) is 7.05 Å². The first-order chi connectivity index (χ1) is 15.4. The molecule has 1 aliphatic rings. The maximum atomic E-state index is 13.1. The molecular formula is C22H22ClN5O3S. The van der Waals surface area contributed by atoms with Crippen LogP contribution in [0.15, 0.2) is 53.7 Å². The number of hydrogen-bond donors (Lipinski definition) is 1. The number of ether oxygens (including phenoxy) is 1. The fraction of sp³-hybridized carbons (Fsp3) is 0.273. The summed E-state index contributed by atoms with van der Waals surface area (Å²) in [5.41, 5.74) is 1.33. The molecule has 0 spiro atoms. The fourth-order valence-corrected chi connectivity index (χ4v) is 4.44. The average Bonchev–Trinajstić information content (AvgIpc) is 3.05. The Morgan fingerprint density at radius 3 is 2.78 bits per heavy atom. The van der Waals surface area contributed by atoms with E-state index in [9.17, 15) is 9.59 Å². The van der Waals surface area contributed by atoms with E-state index in [-0.39, 0.29) is 36.6 Å². The third-order valence-electron chi connectivity index (χ3n) is 5.07. The highest BCUT2D eigenvalue weighted by molar-refractivity contribution is 7.99. The molecular weight excluding hydrogens is 450 g/mol. The lowest BCUT2D eigenvalue weighted by Gasteiger charge is -2.27. The molecule has 1 atom stereocenters. The minimum atomic E-state index is -0.258. The van der Waals surface area contributed by atoms with E-state index in [0.717, 1.165) is 0 Å². The summed E-state index contributed by atoms with van der Waals surface area (Å²) in [6.07, 6.45) is 0.235. The van der Waals surface area contributed by atoms with Crippen molar-refractivity contribution in [2.45, 2.75) is 31.1 Å². The molecule has 3 aromatic rings. The van der Waals surface area contributed by atoms with Gasteiger partial charge in [0.25, 0.3) is 0 Å². The highest BCUT2D eigenvalue weighted by atomic mass is 35.5. The maximum absolute atomic E-state index is 13.1. The Labute approximate surface area is 194 Å². The van der Waals surface area contributed by atoms with Crippen molar-refractivity contribution in [1.29, 1.82) is 0 Å². The van der Waals surface area contributed by atoms with Crippen LogP contribution < -0.4 is 15.0 Å². The number of halogens is 1. The van der Waals surface area contributed by atoms with Gasteiger partial charge in [-0.15, -0.1) is 10.2 Å². The van der Waals surface area contributed by atoms with Crippen molar-refractivity contribution in [3.63, 3.8) is 0 Å². The number of thioether (sulfide) groups is 1. The first-order valence-corrected chi connectivity index (χ1v) is 11.4.